The Morgan fingerprint density at radius 2 is 1.80 bits per heavy atom. The predicted molar refractivity (Wildman–Crippen MR) is 72.4 cm³/mol. The first kappa shape index (κ1) is 12.0. The van der Waals surface area contributed by atoms with Crippen LogP contribution in [0.2, 0.25) is 0 Å². The number of hydrogen-bond donors (Lipinski definition) is 1. The molecule has 0 bridgehead atoms. The number of aromatic carboxylic acids is 1. The SMILES string of the molecule is O=Nc1ccc2c(c1)oc(=O)c1cc(C(=O)O)ccc12. The van der Waals surface area contributed by atoms with E-state index in [9.17, 15) is 14.5 Å². The Hall–Kier alpha value is -3.02. The first-order valence-electron chi connectivity index (χ1n) is 5.67. The number of nitroso groups, excluding NO2 is 1. The van der Waals surface area contributed by atoms with E-state index in [-0.39, 0.29) is 22.2 Å². The van der Waals surface area contributed by atoms with Crippen molar-refractivity contribution in [2.45, 2.75) is 0 Å². The van der Waals surface area contributed by atoms with Gasteiger partial charge in [0.05, 0.1) is 10.9 Å². The summed E-state index contributed by atoms with van der Waals surface area (Å²) in [5.41, 5.74) is -0.251. The molecule has 0 amide bonds. The number of benzene rings is 2. The minimum atomic E-state index is -1.12. The van der Waals surface area contributed by atoms with Crippen LogP contribution in [0, 0.1) is 4.91 Å². The fourth-order valence-electron chi connectivity index (χ4n) is 2.11. The molecule has 0 radical (unpaired) electrons. The van der Waals surface area contributed by atoms with Gasteiger partial charge in [0.2, 0.25) is 0 Å². The minimum absolute atomic E-state index is 0.00956. The van der Waals surface area contributed by atoms with Crippen molar-refractivity contribution in [3.63, 3.8) is 0 Å². The van der Waals surface area contributed by atoms with Gasteiger partial charge in [0.25, 0.3) is 0 Å². The van der Waals surface area contributed by atoms with Gasteiger partial charge in [-0.1, -0.05) is 6.07 Å². The van der Waals surface area contributed by atoms with Crippen LogP contribution < -0.4 is 5.63 Å². The van der Waals surface area contributed by atoms with Crippen LogP contribution in [-0.2, 0) is 0 Å². The molecule has 0 fully saturated rings. The molecule has 1 N–H and O–H groups in total. The number of fused-ring (bicyclic) bond motifs is 3. The second kappa shape index (κ2) is 4.27. The topological polar surface area (TPSA) is 96.9 Å². The summed E-state index contributed by atoms with van der Waals surface area (Å²) in [5.74, 6) is -1.12. The van der Waals surface area contributed by atoms with Gasteiger partial charge < -0.3 is 9.52 Å². The summed E-state index contributed by atoms with van der Waals surface area (Å²) >= 11 is 0. The largest absolute Gasteiger partial charge is 0.478 e. The molecule has 0 aliphatic rings. The summed E-state index contributed by atoms with van der Waals surface area (Å²) in [6.07, 6.45) is 0. The van der Waals surface area contributed by atoms with Gasteiger partial charge in [0, 0.05) is 11.5 Å². The molecule has 0 spiro atoms. The second-order valence-electron chi connectivity index (χ2n) is 4.23. The van der Waals surface area contributed by atoms with E-state index in [2.05, 4.69) is 5.18 Å². The van der Waals surface area contributed by atoms with E-state index in [4.69, 9.17) is 9.52 Å². The minimum Gasteiger partial charge on any atom is -0.478 e. The van der Waals surface area contributed by atoms with Gasteiger partial charge in [-0.05, 0) is 34.8 Å². The summed E-state index contributed by atoms with van der Waals surface area (Å²) in [4.78, 5) is 33.3. The molecule has 3 rings (SSSR count). The smallest absolute Gasteiger partial charge is 0.344 e. The Morgan fingerprint density at radius 3 is 2.50 bits per heavy atom. The molecule has 0 saturated heterocycles. The number of nitrogens with zero attached hydrogens (tertiary/aromatic N) is 1. The molecule has 0 aliphatic carbocycles. The zero-order chi connectivity index (χ0) is 14.3. The predicted octanol–water partition coefficient (Wildman–Crippen LogP) is 3.04. The fraction of sp³-hybridized carbons (Fsp3) is 0. The van der Waals surface area contributed by atoms with Crippen molar-refractivity contribution in [3.05, 3.63) is 57.3 Å². The first-order chi connectivity index (χ1) is 9.60. The van der Waals surface area contributed by atoms with E-state index < -0.39 is 11.6 Å². The summed E-state index contributed by atoms with van der Waals surface area (Å²) in [6.45, 7) is 0. The average molecular weight is 269 g/mol. The lowest BCUT2D eigenvalue weighted by molar-refractivity contribution is 0.0697. The zero-order valence-corrected chi connectivity index (χ0v) is 9.99. The molecule has 0 aliphatic heterocycles. The average Bonchev–Trinajstić information content (AvgIpc) is 2.46. The normalized spacial score (nSPS) is 10.8. The lowest BCUT2D eigenvalue weighted by atomic mass is 10.0. The van der Waals surface area contributed by atoms with E-state index in [0.717, 1.165) is 0 Å². The molecule has 0 atom stereocenters. The maximum atomic E-state index is 11.9. The Bertz CT molecular complexity index is 926. The highest BCUT2D eigenvalue weighted by Crippen LogP contribution is 2.26. The fourth-order valence-corrected chi connectivity index (χ4v) is 2.11. The third-order valence-electron chi connectivity index (χ3n) is 3.05. The lowest BCUT2D eigenvalue weighted by Gasteiger charge is -2.03. The standard InChI is InChI=1S/C14H7NO5/c16-13(17)7-1-3-9-10-4-2-8(15-19)6-12(10)20-14(18)11(9)5-7/h1-6H,(H,16,17). The quantitative estimate of drug-likeness (QED) is 0.438. The molecule has 1 aromatic heterocycles. The second-order valence-corrected chi connectivity index (χ2v) is 4.23. The van der Waals surface area contributed by atoms with Crippen molar-refractivity contribution in [3.8, 4) is 0 Å². The van der Waals surface area contributed by atoms with Gasteiger partial charge in [-0.25, -0.2) is 9.59 Å². The van der Waals surface area contributed by atoms with Gasteiger partial charge in [-0.15, -0.1) is 4.91 Å². The molecule has 1 heterocycles. The van der Waals surface area contributed by atoms with E-state index in [1.807, 2.05) is 0 Å². The van der Waals surface area contributed by atoms with Crippen molar-refractivity contribution < 1.29 is 14.3 Å². The van der Waals surface area contributed by atoms with Gasteiger partial charge in [0.1, 0.15) is 11.3 Å². The van der Waals surface area contributed by atoms with Crippen molar-refractivity contribution in [2.75, 3.05) is 0 Å². The first-order valence-corrected chi connectivity index (χ1v) is 5.67. The molecule has 2 aromatic carbocycles. The highest BCUT2D eigenvalue weighted by atomic mass is 16.4. The number of carboxylic acids is 1. The van der Waals surface area contributed by atoms with Gasteiger partial charge in [-0.2, -0.15) is 0 Å². The maximum Gasteiger partial charge on any atom is 0.344 e. The van der Waals surface area contributed by atoms with Gasteiger partial charge >= 0.3 is 11.6 Å². The summed E-state index contributed by atoms with van der Waals surface area (Å²) < 4.78 is 5.10. The van der Waals surface area contributed by atoms with Crippen LogP contribution in [0.5, 0.6) is 0 Å². The third kappa shape index (κ3) is 1.74. The Balaban J connectivity index is 2.45. The van der Waals surface area contributed by atoms with Crippen LogP contribution in [0.3, 0.4) is 0 Å². The summed E-state index contributed by atoms with van der Waals surface area (Å²) in [6, 6.07) is 8.71. The number of rotatable bonds is 2. The molecule has 0 unspecified atom stereocenters. The summed E-state index contributed by atoms with van der Waals surface area (Å²) in [7, 11) is 0. The summed E-state index contributed by atoms with van der Waals surface area (Å²) in [5, 5.41) is 13.1. The van der Waals surface area contributed by atoms with Crippen LogP contribution in [0.1, 0.15) is 10.4 Å². The van der Waals surface area contributed by atoms with E-state index in [1.165, 1.54) is 24.3 Å². The van der Waals surface area contributed by atoms with Crippen LogP contribution in [0.4, 0.5) is 5.69 Å². The van der Waals surface area contributed by atoms with E-state index in [1.54, 1.807) is 12.1 Å². The van der Waals surface area contributed by atoms with E-state index >= 15 is 0 Å². The van der Waals surface area contributed by atoms with Crippen molar-refractivity contribution in [1.82, 2.24) is 0 Å². The highest BCUT2D eigenvalue weighted by Gasteiger charge is 2.11. The molecule has 6 nitrogen and oxygen atoms in total. The van der Waals surface area contributed by atoms with Crippen molar-refractivity contribution in [1.29, 1.82) is 0 Å². The molecular weight excluding hydrogens is 262 g/mol. The molecule has 3 aromatic rings. The Kier molecular flexibility index (Phi) is 2.57. The third-order valence-corrected chi connectivity index (χ3v) is 3.05. The van der Waals surface area contributed by atoms with Gasteiger partial charge in [-0.3, -0.25) is 0 Å². The molecule has 20 heavy (non-hydrogen) atoms. The monoisotopic (exact) mass is 269 g/mol. The van der Waals surface area contributed by atoms with Crippen LogP contribution >= 0.6 is 0 Å². The molecule has 0 saturated carbocycles. The number of carbonyl (C=O) groups is 1. The number of hydrogen-bond acceptors (Lipinski definition) is 5. The highest BCUT2D eigenvalue weighted by molar-refractivity contribution is 6.06. The number of carboxylic acid groups (broad SMARTS) is 1. The van der Waals surface area contributed by atoms with Crippen molar-refractivity contribution >= 4 is 33.4 Å². The molecule has 98 valence electrons. The molecular formula is C14H7NO5. The van der Waals surface area contributed by atoms with E-state index in [0.29, 0.717) is 10.8 Å². The lowest BCUT2D eigenvalue weighted by Crippen LogP contribution is -2.03. The Morgan fingerprint density at radius 1 is 1.05 bits per heavy atom. The van der Waals surface area contributed by atoms with Crippen molar-refractivity contribution in [2.24, 2.45) is 5.18 Å². The maximum absolute atomic E-state index is 11.9. The zero-order valence-electron chi connectivity index (χ0n) is 9.99. The van der Waals surface area contributed by atoms with Gasteiger partial charge in [0.15, 0.2) is 0 Å². The van der Waals surface area contributed by atoms with Crippen LogP contribution in [0.15, 0.2) is 50.8 Å². The van der Waals surface area contributed by atoms with Crippen LogP contribution in [0.25, 0.3) is 21.7 Å². The molecule has 6 heteroatoms. The Labute approximate surface area is 111 Å². The van der Waals surface area contributed by atoms with Crippen LogP contribution in [-0.4, -0.2) is 11.1 Å².